The quantitative estimate of drug-likeness (QED) is 0.823. The molecular weight excluding hydrogens is 240 g/mol. The van der Waals surface area contributed by atoms with Crippen molar-refractivity contribution in [1.29, 1.82) is 0 Å². The molecule has 4 heteroatoms. The van der Waals surface area contributed by atoms with E-state index in [-0.39, 0.29) is 22.7 Å². The van der Waals surface area contributed by atoms with Gasteiger partial charge >= 0.3 is 0 Å². The average Bonchev–Trinajstić information content (AvgIpc) is 2.69. The minimum atomic E-state index is 0.00568. The lowest BCUT2D eigenvalue weighted by atomic mass is 10.0. The number of nitrogens with one attached hydrogen (secondary N) is 1. The van der Waals surface area contributed by atoms with Crippen LogP contribution >= 0.6 is 0 Å². The Kier molecular flexibility index (Phi) is 3.00. The van der Waals surface area contributed by atoms with Crippen molar-refractivity contribution >= 4 is 17.3 Å². The first-order valence-corrected chi connectivity index (χ1v) is 6.46. The van der Waals surface area contributed by atoms with Gasteiger partial charge in [0, 0.05) is 11.6 Å². The van der Waals surface area contributed by atoms with E-state index < -0.39 is 0 Å². The van der Waals surface area contributed by atoms with Crippen molar-refractivity contribution in [2.45, 2.75) is 27.7 Å². The third kappa shape index (κ3) is 2.05. The van der Waals surface area contributed by atoms with Gasteiger partial charge in [-0.3, -0.25) is 4.79 Å². The number of hydrogen-bond donors (Lipinski definition) is 2. The molecule has 1 amide bonds. The molecule has 1 aromatic carbocycles. The number of nitrogens with two attached hydrogens (primary N) is 1. The van der Waals surface area contributed by atoms with Crippen LogP contribution in [0, 0.1) is 16.7 Å². The van der Waals surface area contributed by atoms with E-state index in [1.54, 1.807) is 25.3 Å². The van der Waals surface area contributed by atoms with Crippen molar-refractivity contribution in [1.82, 2.24) is 0 Å². The van der Waals surface area contributed by atoms with Crippen LogP contribution in [0.1, 0.15) is 27.7 Å². The fourth-order valence-electron chi connectivity index (χ4n) is 2.88. The van der Waals surface area contributed by atoms with Gasteiger partial charge in [0.25, 0.3) is 0 Å². The minimum Gasteiger partial charge on any atom is -0.495 e. The van der Waals surface area contributed by atoms with Crippen LogP contribution in [-0.4, -0.2) is 13.0 Å². The molecule has 0 aliphatic heterocycles. The Labute approximate surface area is 114 Å². The standard InChI is InChI=1S/C15H22N2O2/c1-14(2)12(15(14,3)4)13(18)17-10-8-9(16)6-7-11(10)19-5/h6-8,12H,16H2,1-5H3,(H,17,18). The van der Waals surface area contributed by atoms with Crippen molar-refractivity contribution in [2.24, 2.45) is 16.7 Å². The summed E-state index contributed by atoms with van der Waals surface area (Å²) in [5.41, 5.74) is 7.02. The number of benzene rings is 1. The molecule has 1 saturated carbocycles. The van der Waals surface area contributed by atoms with E-state index in [9.17, 15) is 4.79 Å². The van der Waals surface area contributed by atoms with Crippen LogP contribution in [0.5, 0.6) is 5.75 Å². The minimum absolute atomic E-state index is 0.00568. The molecule has 0 heterocycles. The van der Waals surface area contributed by atoms with E-state index in [0.717, 1.165) is 0 Å². The lowest BCUT2D eigenvalue weighted by molar-refractivity contribution is -0.118. The second-order valence-corrected chi connectivity index (χ2v) is 6.33. The molecule has 0 bridgehead atoms. The van der Waals surface area contributed by atoms with Gasteiger partial charge in [-0.15, -0.1) is 0 Å². The van der Waals surface area contributed by atoms with Gasteiger partial charge in [0.05, 0.1) is 12.8 Å². The van der Waals surface area contributed by atoms with Crippen LogP contribution in [0.15, 0.2) is 18.2 Å². The number of carbonyl (C=O) groups is 1. The molecule has 0 spiro atoms. The number of nitrogen functional groups attached to an aromatic ring is 1. The highest BCUT2D eigenvalue weighted by molar-refractivity contribution is 5.97. The normalized spacial score (nSPS) is 19.8. The van der Waals surface area contributed by atoms with Crippen LogP contribution in [0.2, 0.25) is 0 Å². The number of hydrogen-bond acceptors (Lipinski definition) is 3. The molecule has 0 unspecified atom stereocenters. The molecule has 1 fully saturated rings. The number of carbonyl (C=O) groups excluding carboxylic acids is 1. The average molecular weight is 262 g/mol. The zero-order valence-electron chi connectivity index (χ0n) is 12.2. The van der Waals surface area contributed by atoms with E-state index in [4.69, 9.17) is 10.5 Å². The first kappa shape index (κ1) is 13.7. The smallest absolute Gasteiger partial charge is 0.228 e. The summed E-state index contributed by atoms with van der Waals surface area (Å²) in [5.74, 6) is 0.656. The third-order valence-corrected chi connectivity index (χ3v) is 4.76. The lowest BCUT2D eigenvalue weighted by Crippen LogP contribution is -2.18. The van der Waals surface area contributed by atoms with E-state index >= 15 is 0 Å². The summed E-state index contributed by atoms with van der Waals surface area (Å²) in [6, 6.07) is 5.23. The van der Waals surface area contributed by atoms with Gasteiger partial charge in [0.1, 0.15) is 5.75 Å². The second-order valence-electron chi connectivity index (χ2n) is 6.33. The maximum absolute atomic E-state index is 12.4. The van der Waals surface area contributed by atoms with Gasteiger partial charge in [0.15, 0.2) is 0 Å². The van der Waals surface area contributed by atoms with Crippen LogP contribution in [-0.2, 0) is 4.79 Å². The van der Waals surface area contributed by atoms with Crippen molar-refractivity contribution in [3.05, 3.63) is 18.2 Å². The molecule has 2 rings (SSSR count). The predicted molar refractivity (Wildman–Crippen MR) is 77.1 cm³/mol. The molecule has 104 valence electrons. The number of ether oxygens (including phenoxy) is 1. The summed E-state index contributed by atoms with van der Waals surface area (Å²) in [6.45, 7) is 8.48. The molecule has 19 heavy (non-hydrogen) atoms. The maximum Gasteiger partial charge on any atom is 0.228 e. The van der Waals surface area contributed by atoms with E-state index in [1.165, 1.54) is 0 Å². The highest BCUT2D eigenvalue weighted by Crippen LogP contribution is 2.68. The summed E-state index contributed by atoms with van der Waals surface area (Å²) >= 11 is 0. The molecule has 0 radical (unpaired) electrons. The van der Waals surface area contributed by atoms with Gasteiger partial charge in [-0.2, -0.15) is 0 Å². The van der Waals surface area contributed by atoms with Crippen molar-refractivity contribution < 1.29 is 9.53 Å². The Morgan fingerprint density at radius 2 is 1.84 bits per heavy atom. The molecule has 1 aliphatic rings. The van der Waals surface area contributed by atoms with Crippen molar-refractivity contribution in [3.8, 4) is 5.75 Å². The number of methoxy groups -OCH3 is 1. The molecule has 4 nitrogen and oxygen atoms in total. The van der Waals surface area contributed by atoms with E-state index in [2.05, 4.69) is 33.0 Å². The zero-order valence-corrected chi connectivity index (χ0v) is 12.2. The van der Waals surface area contributed by atoms with Crippen LogP contribution in [0.3, 0.4) is 0 Å². The highest BCUT2D eigenvalue weighted by atomic mass is 16.5. The number of rotatable bonds is 3. The molecular formula is C15H22N2O2. The Bertz CT molecular complexity index is 507. The maximum atomic E-state index is 12.4. The van der Waals surface area contributed by atoms with Crippen LogP contribution < -0.4 is 15.8 Å². The molecule has 0 atom stereocenters. The molecule has 0 aromatic heterocycles. The van der Waals surface area contributed by atoms with Crippen LogP contribution in [0.25, 0.3) is 0 Å². The number of anilines is 2. The fraction of sp³-hybridized carbons (Fsp3) is 0.533. The van der Waals surface area contributed by atoms with Gasteiger partial charge in [-0.1, -0.05) is 27.7 Å². The Morgan fingerprint density at radius 3 is 2.32 bits per heavy atom. The first-order chi connectivity index (χ1) is 8.71. The lowest BCUT2D eigenvalue weighted by Gasteiger charge is -2.11. The summed E-state index contributed by atoms with van der Waals surface area (Å²) in [6.07, 6.45) is 0. The number of amides is 1. The third-order valence-electron chi connectivity index (χ3n) is 4.76. The summed E-state index contributed by atoms with van der Waals surface area (Å²) < 4.78 is 5.24. The molecule has 1 aliphatic carbocycles. The Morgan fingerprint density at radius 1 is 1.26 bits per heavy atom. The molecule has 0 saturated heterocycles. The van der Waals surface area contributed by atoms with E-state index in [1.807, 2.05) is 0 Å². The Hall–Kier alpha value is -1.71. The summed E-state index contributed by atoms with van der Waals surface area (Å²) in [7, 11) is 1.58. The van der Waals surface area contributed by atoms with Crippen LogP contribution in [0.4, 0.5) is 11.4 Å². The Balaban J connectivity index is 2.19. The summed E-state index contributed by atoms with van der Waals surface area (Å²) in [4.78, 5) is 12.4. The monoisotopic (exact) mass is 262 g/mol. The summed E-state index contributed by atoms with van der Waals surface area (Å²) in [5, 5.41) is 2.93. The van der Waals surface area contributed by atoms with Gasteiger partial charge < -0.3 is 15.8 Å². The largest absolute Gasteiger partial charge is 0.495 e. The molecule has 3 N–H and O–H groups in total. The molecule has 1 aromatic rings. The van der Waals surface area contributed by atoms with Gasteiger partial charge in [-0.25, -0.2) is 0 Å². The van der Waals surface area contributed by atoms with Crippen molar-refractivity contribution in [3.63, 3.8) is 0 Å². The topological polar surface area (TPSA) is 64.3 Å². The SMILES string of the molecule is COc1ccc(N)cc1NC(=O)C1C(C)(C)C1(C)C. The zero-order chi connectivity index (χ0) is 14.4. The van der Waals surface area contributed by atoms with Crippen molar-refractivity contribution in [2.75, 3.05) is 18.2 Å². The van der Waals surface area contributed by atoms with E-state index in [0.29, 0.717) is 17.1 Å². The van der Waals surface area contributed by atoms with Gasteiger partial charge in [-0.05, 0) is 29.0 Å². The van der Waals surface area contributed by atoms with Gasteiger partial charge in [0.2, 0.25) is 5.91 Å². The first-order valence-electron chi connectivity index (χ1n) is 6.46. The predicted octanol–water partition coefficient (Wildman–Crippen LogP) is 2.90. The second kappa shape index (κ2) is 4.15. The fourth-order valence-corrected chi connectivity index (χ4v) is 2.88. The highest BCUT2D eigenvalue weighted by Gasteiger charge is 2.68.